The lowest BCUT2D eigenvalue weighted by Crippen LogP contribution is -2.25. The third kappa shape index (κ3) is 3.03. The number of carbonyl (C=O) groups is 3. The summed E-state index contributed by atoms with van der Waals surface area (Å²) >= 11 is 0. The van der Waals surface area contributed by atoms with Gasteiger partial charge in [-0.1, -0.05) is 36.4 Å². The molecule has 0 saturated carbocycles. The molecule has 2 N–H and O–H groups in total. The molecule has 1 atom stereocenters. The zero-order valence-electron chi connectivity index (χ0n) is 16.9. The molecular formula is C23H19NO7. The molecule has 1 aliphatic rings. The predicted molar refractivity (Wildman–Crippen MR) is 111 cm³/mol. The van der Waals surface area contributed by atoms with Crippen molar-refractivity contribution in [2.24, 2.45) is 0 Å². The van der Waals surface area contributed by atoms with Crippen molar-refractivity contribution in [2.45, 2.75) is 12.3 Å². The summed E-state index contributed by atoms with van der Waals surface area (Å²) in [6.45, 7) is -0.275. The van der Waals surface area contributed by atoms with Crippen molar-refractivity contribution in [3.05, 3.63) is 69.0 Å². The second-order valence-corrected chi connectivity index (χ2v) is 7.11. The van der Waals surface area contributed by atoms with E-state index in [2.05, 4.69) is 4.98 Å². The topological polar surface area (TPSA) is 123 Å². The minimum Gasteiger partial charge on any atom is -0.469 e. The number of pyridine rings is 1. The van der Waals surface area contributed by atoms with Gasteiger partial charge in [0.1, 0.15) is 5.56 Å². The number of ketones is 1. The van der Waals surface area contributed by atoms with Crippen molar-refractivity contribution in [2.75, 3.05) is 20.8 Å². The molecule has 1 unspecified atom stereocenters. The largest absolute Gasteiger partial charge is 0.469 e. The van der Waals surface area contributed by atoms with Crippen LogP contribution in [-0.4, -0.2) is 48.6 Å². The average molecular weight is 421 g/mol. The number of ether oxygens (including phenoxy) is 2. The van der Waals surface area contributed by atoms with Crippen LogP contribution in [0.15, 0.2) is 41.2 Å². The molecule has 4 rings (SSSR count). The van der Waals surface area contributed by atoms with Crippen LogP contribution in [0.3, 0.4) is 0 Å². The van der Waals surface area contributed by atoms with Crippen LogP contribution in [0.1, 0.15) is 44.2 Å². The van der Waals surface area contributed by atoms with Crippen LogP contribution in [0.5, 0.6) is 0 Å². The summed E-state index contributed by atoms with van der Waals surface area (Å²) in [5.41, 5.74) is 0.956. The van der Waals surface area contributed by atoms with E-state index in [4.69, 9.17) is 9.47 Å². The molecule has 31 heavy (non-hydrogen) atoms. The highest BCUT2D eigenvalue weighted by Gasteiger charge is 2.34. The zero-order valence-corrected chi connectivity index (χ0v) is 16.9. The van der Waals surface area contributed by atoms with Gasteiger partial charge in [0, 0.05) is 34.1 Å². The van der Waals surface area contributed by atoms with E-state index >= 15 is 0 Å². The number of aromatic amines is 1. The van der Waals surface area contributed by atoms with Crippen LogP contribution in [-0.2, 0) is 14.3 Å². The Kier molecular flexibility index (Phi) is 5.16. The van der Waals surface area contributed by atoms with E-state index in [0.717, 1.165) is 0 Å². The Labute approximate surface area is 176 Å². The molecule has 3 aromatic rings. The Morgan fingerprint density at radius 1 is 1.03 bits per heavy atom. The third-order valence-electron chi connectivity index (χ3n) is 5.56. The monoisotopic (exact) mass is 421 g/mol. The Morgan fingerprint density at radius 2 is 1.74 bits per heavy atom. The number of hydrogen-bond donors (Lipinski definition) is 2. The highest BCUT2D eigenvalue weighted by molar-refractivity contribution is 6.27. The predicted octanol–water partition coefficient (Wildman–Crippen LogP) is 2.17. The molecule has 0 fully saturated rings. The van der Waals surface area contributed by atoms with Gasteiger partial charge in [0.2, 0.25) is 0 Å². The number of aliphatic hydroxyl groups is 1. The Bertz CT molecular complexity index is 1310. The van der Waals surface area contributed by atoms with Crippen LogP contribution < -0.4 is 5.56 Å². The van der Waals surface area contributed by atoms with Gasteiger partial charge in [-0.2, -0.15) is 0 Å². The van der Waals surface area contributed by atoms with Gasteiger partial charge in [-0.25, -0.2) is 4.79 Å². The minimum absolute atomic E-state index is 0.0747. The lowest BCUT2D eigenvalue weighted by molar-refractivity contribution is -0.142. The van der Waals surface area contributed by atoms with Gasteiger partial charge in [0.05, 0.1) is 25.8 Å². The maximum atomic E-state index is 13.5. The van der Waals surface area contributed by atoms with E-state index < -0.39 is 23.4 Å². The molecular weight excluding hydrogens is 402 g/mol. The van der Waals surface area contributed by atoms with Gasteiger partial charge in [-0.05, 0) is 12.0 Å². The van der Waals surface area contributed by atoms with Crippen LogP contribution in [0.25, 0.3) is 22.0 Å². The molecule has 8 heteroatoms. The second-order valence-electron chi connectivity index (χ2n) is 7.11. The number of fused-ring (bicyclic) bond motifs is 2. The highest BCUT2D eigenvalue weighted by atomic mass is 16.5. The van der Waals surface area contributed by atoms with Gasteiger partial charge in [0.15, 0.2) is 5.78 Å². The first kappa shape index (κ1) is 20.5. The fourth-order valence-electron chi connectivity index (χ4n) is 4.22. The first-order valence-electron chi connectivity index (χ1n) is 9.58. The van der Waals surface area contributed by atoms with Gasteiger partial charge >= 0.3 is 11.9 Å². The molecule has 0 saturated heterocycles. The number of rotatable bonds is 5. The number of hydrogen-bond acceptors (Lipinski definition) is 7. The normalized spacial score (nSPS) is 12.9. The first-order chi connectivity index (χ1) is 14.9. The molecule has 0 radical (unpaired) electrons. The fraction of sp³-hybridized carbons (Fsp3) is 0.217. The number of aromatic nitrogens is 1. The van der Waals surface area contributed by atoms with Crippen LogP contribution in [0, 0.1) is 0 Å². The Morgan fingerprint density at radius 3 is 2.42 bits per heavy atom. The smallest absolute Gasteiger partial charge is 0.344 e. The summed E-state index contributed by atoms with van der Waals surface area (Å²) in [5.74, 6) is -2.58. The van der Waals surface area contributed by atoms with E-state index in [9.17, 15) is 24.3 Å². The molecule has 1 aromatic heterocycles. The summed E-state index contributed by atoms with van der Waals surface area (Å²) in [4.78, 5) is 53.6. The number of nitrogens with one attached hydrogen (secondary N) is 1. The van der Waals surface area contributed by atoms with E-state index in [1.165, 1.54) is 14.2 Å². The summed E-state index contributed by atoms with van der Waals surface area (Å²) in [6, 6.07) is 9.76. The van der Waals surface area contributed by atoms with Gasteiger partial charge in [0.25, 0.3) is 5.56 Å². The number of H-pyrrole nitrogens is 1. The number of benzene rings is 2. The maximum absolute atomic E-state index is 13.5. The standard InChI is InChI=1S/C23H19NO7/c1-30-22(28)12(9-10-25)11-5-3-7-14-17(11)20(26)15-8-4-6-13-16(15)19(14)24-21(27)18(13)23(29)31-2/h3-8,12,25H,9-10H2,1-2H3,(H,24,27). The van der Waals surface area contributed by atoms with E-state index in [1.807, 2.05) is 0 Å². The average Bonchev–Trinajstić information content (AvgIpc) is 2.79. The van der Waals surface area contributed by atoms with Crippen LogP contribution in [0.2, 0.25) is 0 Å². The molecule has 2 aromatic carbocycles. The molecule has 0 bridgehead atoms. The molecule has 8 nitrogen and oxygen atoms in total. The quantitative estimate of drug-likeness (QED) is 0.474. The molecule has 1 aliphatic carbocycles. The summed E-state index contributed by atoms with van der Waals surface area (Å²) in [7, 11) is 2.42. The summed E-state index contributed by atoms with van der Waals surface area (Å²) in [6.07, 6.45) is 0.0747. The van der Waals surface area contributed by atoms with Gasteiger partial charge in [-0.3, -0.25) is 14.4 Å². The minimum atomic E-state index is -0.851. The third-order valence-corrected chi connectivity index (χ3v) is 5.56. The van der Waals surface area contributed by atoms with Crippen molar-refractivity contribution in [1.29, 1.82) is 0 Å². The SMILES string of the molecule is COC(=O)c1c(=O)[nH]c2c3c(cccc13)C(=O)c1c-2cccc1C(CCO)C(=O)OC. The fourth-order valence-corrected chi connectivity index (χ4v) is 4.22. The van der Waals surface area contributed by atoms with Crippen molar-refractivity contribution in [1.82, 2.24) is 4.98 Å². The molecule has 1 heterocycles. The second kappa shape index (κ2) is 7.81. The highest BCUT2D eigenvalue weighted by Crippen LogP contribution is 2.41. The summed E-state index contributed by atoms with van der Waals surface area (Å²) in [5, 5.41) is 10.2. The lowest BCUT2D eigenvalue weighted by atomic mass is 9.79. The van der Waals surface area contributed by atoms with E-state index in [-0.39, 0.29) is 29.9 Å². The van der Waals surface area contributed by atoms with E-state index in [1.54, 1.807) is 36.4 Å². The Balaban J connectivity index is 2.08. The van der Waals surface area contributed by atoms with Gasteiger partial charge in [-0.15, -0.1) is 0 Å². The molecule has 158 valence electrons. The molecule has 0 aliphatic heterocycles. The van der Waals surface area contributed by atoms with Crippen LogP contribution in [0.4, 0.5) is 0 Å². The van der Waals surface area contributed by atoms with Crippen LogP contribution >= 0.6 is 0 Å². The number of carbonyl (C=O) groups excluding carboxylic acids is 3. The molecule has 0 amide bonds. The number of methoxy groups -OCH3 is 2. The summed E-state index contributed by atoms with van der Waals surface area (Å²) < 4.78 is 9.63. The first-order valence-corrected chi connectivity index (χ1v) is 9.58. The Hall–Kier alpha value is -3.78. The maximum Gasteiger partial charge on any atom is 0.344 e. The van der Waals surface area contributed by atoms with Crippen molar-refractivity contribution in [3.8, 4) is 11.3 Å². The lowest BCUT2D eigenvalue weighted by Gasteiger charge is -2.25. The van der Waals surface area contributed by atoms with E-state index in [0.29, 0.717) is 33.2 Å². The zero-order chi connectivity index (χ0) is 22.3. The van der Waals surface area contributed by atoms with Crippen molar-refractivity contribution < 1.29 is 29.0 Å². The van der Waals surface area contributed by atoms with Gasteiger partial charge < -0.3 is 19.6 Å². The number of aliphatic hydroxyl groups excluding tert-OH is 1. The molecule has 0 spiro atoms. The number of esters is 2. The van der Waals surface area contributed by atoms with Crippen molar-refractivity contribution in [3.63, 3.8) is 0 Å². The van der Waals surface area contributed by atoms with Crippen molar-refractivity contribution >= 4 is 28.5 Å².